The first-order valence-corrected chi connectivity index (χ1v) is 6.23. The van der Waals surface area contributed by atoms with Crippen LogP contribution in [-0.4, -0.2) is 41.2 Å². The average molecular weight is 235 g/mol. The quantitative estimate of drug-likeness (QED) is 0.729. The molecule has 0 saturated heterocycles. The monoisotopic (exact) mass is 235 g/mol. The van der Waals surface area contributed by atoms with Gasteiger partial charge in [-0.25, -0.2) is 0 Å². The second kappa shape index (κ2) is 5.47. The van der Waals surface area contributed by atoms with E-state index in [9.17, 15) is 5.11 Å². The number of rotatable bonds is 6. The van der Waals surface area contributed by atoms with E-state index in [1.807, 2.05) is 13.0 Å². The van der Waals surface area contributed by atoms with Crippen LogP contribution in [0.2, 0.25) is 0 Å². The number of aromatic nitrogens is 1. The van der Waals surface area contributed by atoms with E-state index in [0.29, 0.717) is 6.54 Å². The van der Waals surface area contributed by atoms with Gasteiger partial charge in [-0.1, -0.05) is 0 Å². The molecule has 1 saturated carbocycles. The SMILES string of the molecule is Cc1ccc(O)c(CNCCN(C)C2CC2)n1. The van der Waals surface area contributed by atoms with Crippen molar-refractivity contribution in [2.75, 3.05) is 20.1 Å². The topological polar surface area (TPSA) is 48.4 Å². The zero-order valence-corrected chi connectivity index (χ0v) is 10.6. The Labute approximate surface area is 103 Å². The first kappa shape index (κ1) is 12.3. The first-order chi connectivity index (χ1) is 8.16. The summed E-state index contributed by atoms with van der Waals surface area (Å²) >= 11 is 0. The predicted molar refractivity (Wildman–Crippen MR) is 68.0 cm³/mol. The molecule has 4 nitrogen and oxygen atoms in total. The minimum absolute atomic E-state index is 0.277. The lowest BCUT2D eigenvalue weighted by molar-refractivity contribution is 0.321. The van der Waals surface area contributed by atoms with Gasteiger partial charge in [0.2, 0.25) is 0 Å². The summed E-state index contributed by atoms with van der Waals surface area (Å²) in [5.74, 6) is 0.277. The molecule has 1 aromatic rings. The molecule has 0 spiro atoms. The molecular weight excluding hydrogens is 214 g/mol. The summed E-state index contributed by atoms with van der Waals surface area (Å²) in [5.41, 5.74) is 1.67. The summed E-state index contributed by atoms with van der Waals surface area (Å²) in [4.78, 5) is 6.70. The van der Waals surface area contributed by atoms with Gasteiger partial charge in [-0.15, -0.1) is 0 Å². The number of hydrogen-bond acceptors (Lipinski definition) is 4. The summed E-state index contributed by atoms with van der Waals surface area (Å²) in [6, 6.07) is 4.33. The normalized spacial score (nSPS) is 15.5. The summed E-state index contributed by atoms with van der Waals surface area (Å²) in [5, 5.41) is 12.9. The van der Waals surface area contributed by atoms with Crippen LogP contribution in [0.1, 0.15) is 24.2 Å². The predicted octanol–water partition coefficient (Wildman–Crippen LogP) is 1.28. The summed E-state index contributed by atoms with van der Waals surface area (Å²) < 4.78 is 0. The third kappa shape index (κ3) is 3.68. The highest BCUT2D eigenvalue weighted by Crippen LogP contribution is 2.24. The molecule has 0 aromatic carbocycles. The fraction of sp³-hybridized carbons (Fsp3) is 0.615. The van der Waals surface area contributed by atoms with Crippen LogP contribution >= 0.6 is 0 Å². The van der Waals surface area contributed by atoms with E-state index < -0.39 is 0 Å². The Morgan fingerprint density at radius 2 is 2.24 bits per heavy atom. The van der Waals surface area contributed by atoms with Crippen molar-refractivity contribution in [3.63, 3.8) is 0 Å². The zero-order chi connectivity index (χ0) is 12.3. The zero-order valence-electron chi connectivity index (χ0n) is 10.6. The highest BCUT2D eigenvalue weighted by molar-refractivity contribution is 5.27. The maximum absolute atomic E-state index is 9.63. The second-order valence-electron chi connectivity index (χ2n) is 4.81. The van der Waals surface area contributed by atoms with Gasteiger partial charge in [0.05, 0.1) is 5.69 Å². The van der Waals surface area contributed by atoms with Crippen molar-refractivity contribution < 1.29 is 5.11 Å². The second-order valence-corrected chi connectivity index (χ2v) is 4.81. The van der Waals surface area contributed by atoms with Crippen LogP contribution in [0.3, 0.4) is 0 Å². The number of pyridine rings is 1. The van der Waals surface area contributed by atoms with Crippen LogP contribution in [0.25, 0.3) is 0 Å². The van der Waals surface area contributed by atoms with Gasteiger partial charge < -0.3 is 15.3 Å². The maximum atomic E-state index is 9.63. The number of hydrogen-bond donors (Lipinski definition) is 2. The van der Waals surface area contributed by atoms with Crippen molar-refractivity contribution >= 4 is 0 Å². The Morgan fingerprint density at radius 1 is 1.47 bits per heavy atom. The molecule has 2 rings (SSSR count). The summed E-state index contributed by atoms with van der Waals surface area (Å²) in [6.07, 6.45) is 2.69. The Hall–Kier alpha value is -1.13. The highest BCUT2D eigenvalue weighted by Gasteiger charge is 2.25. The molecule has 0 bridgehead atoms. The van der Waals surface area contributed by atoms with Gasteiger partial charge in [0.1, 0.15) is 5.75 Å². The van der Waals surface area contributed by atoms with Crippen molar-refractivity contribution in [1.29, 1.82) is 0 Å². The number of nitrogens with one attached hydrogen (secondary N) is 1. The molecule has 2 N–H and O–H groups in total. The first-order valence-electron chi connectivity index (χ1n) is 6.23. The van der Waals surface area contributed by atoms with Gasteiger partial charge in [-0.05, 0) is 38.9 Å². The summed E-state index contributed by atoms with van der Waals surface area (Å²) in [7, 11) is 2.17. The van der Waals surface area contributed by atoms with Crippen molar-refractivity contribution in [3.8, 4) is 5.75 Å². The van der Waals surface area contributed by atoms with Gasteiger partial charge in [0, 0.05) is 31.4 Å². The van der Waals surface area contributed by atoms with E-state index >= 15 is 0 Å². The molecule has 1 aliphatic rings. The van der Waals surface area contributed by atoms with Gasteiger partial charge in [0.15, 0.2) is 0 Å². The molecule has 0 atom stereocenters. The molecule has 0 radical (unpaired) electrons. The molecule has 1 fully saturated rings. The fourth-order valence-electron chi connectivity index (χ4n) is 1.89. The molecule has 17 heavy (non-hydrogen) atoms. The lowest BCUT2D eigenvalue weighted by Gasteiger charge is -2.15. The highest BCUT2D eigenvalue weighted by atomic mass is 16.3. The largest absolute Gasteiger partial charge is 0.506 e. The van der Waals surface area contributed by atoms with Crippen LogP contribution in [0.4, 0.5) is 0 Å². The lowest BCUT2D eigenvalue weighted by Crippen LogP contribution is -2.30. The van der Waals surface area contributed by atoms with Crippen LogP contribution in [0, 0.1) is 6.92 Å². The minimum Gasteiger partial charge on any atom is -0.506 e. The molecule has 4 heteroatoms. The molecule has 0 unspecified atom stereocenters. The van der Waals surface area contributed by atoms with Crippen LogP contribution in [0.5, 0.6) is 5.75 Å². The van der Waals surface area contributed by atoms with Gasteiger partial charge in [-0.2, -0.15) is 0 Å². The Bertz CT molecular complexity index is 377. The van der Waals surface area contributed by atoms with Gasteiger partial charge in [0.25, 0.3) is 0 Å². The number of aromatic hydroxyl groups is 1. The van der Waals surface area contributed by atoms with Crippen LogP contribution in [-0.2, 0) is 6.54 Å². The fourth-order valence-corrected chi connectivity index (χ4v) is 1.89. The maximum Gasteiger partial charge on any atom is 0.138 e. The third-order valence-corrected chi connectivity index (χ3v) is 3.19. The molecule has 0 aliphatic heterocycles. The molecule has 0 amide bonds. The minimum atomic E-state index is 0.277. The molecule has 1 heterocycles. The number of nitrogens with zero attached hydrogens (tertiary/aromatic N) is 2. The average Bonchev–Trinajstić information content (AvgIpc) is 3.12. The summed E-state index contributed by atoms with van der Waals surface area (Å²) in [6.45, 7) is 4.55. The van der Waals surface area contributed by atoms with Crippen LogP contribution < -0.4 is 5.32 Å². The van der Waals surface area contributed by atoms with E-state index in [4.69, 9.17) is 0 Å². The Kier molecular flexibility index (Phi) is 3.97. The van der Waals surface area contributed by atoms with E-state index in [-0.39, 0.29) is 5.75 Å². The van der Waals surface area contributed by atoms with E-state index in [1.165, 1.54) is 12.8 Å². The van der Waals surface area contributed by atoms with Crippen LogP contribution in [0.15, 0.2) is 12.1 Å². The lowest BCUT2D eigenvalue weighted by atomic mass is 10.3. The number of aryl methyl sites for hydroxylation is 1. The van der Waals surface area contributed by atoms with Crippen molar-refractivity contribution in [2.24, 2.45) is 0 Å². The molecule has 1 aliphatic carbocycles. The van der Waals surface area contributed by atoms with Gasteiger partial charge in [-0.3, -0.25) is 4.98 Å². The smallest absolute Gasteiger partial charge is 0.138 e. The van der Waals surface area contributed by atoms with Crippen molar-refractivity contribution in [2.45, 2.75) is 32.4 Å². The molecule has 94 valence electrons. The Morgan fingerprint density at radius 3 is 2.94 bits per heavy atom. The molecular formula is C13H21N3O. The van der Waals surface area contributed by atoms with Gasteiger partial charge >= 0.3 is 0 Å². The third-order valence-electron chi connectivity index (χ3n) is 3.19. The van der Waals surface area contributed by atoms with Crippen molar-refractivity contribution in [3.05, 3.63) is 23.5 Å². The van der Waals surface area contributed by atoms with E-state index in [1.54, 1.807) is 6.07 Å². The Balaban J connectivity index is 1.71. The standard InChI is InChI=1S/C13H21N3O/c1-10-3-6-13(17)12(15-10)9-14-7-8-16(2)11-4-5-11/h3,6,11,14,17H,4-5,7-9H2,1-2H3. The molecule has 1 aromatic heterocycles. The van der Waals surface area contributed by atoms with Crippen molar-refractivity contribution in [1.82, 2.24) is 15.2 Å². The van der Waals surface area contributed by atoms with E-state index in [2.05, 4.69) is 22.2 Å². The van der Waals surface area contributed by atoms with E-state index in [0.717, 1.165) is 30.5 Å². The number of likely N-dealkylation sites (N-methyl/N-ethyl adjacent to an activating group) is 1.